The van der Waals surface area contributed by atoms with E-state index < -0.39 is 0 Å². The second kappa shape index (κ2) is 6.08. The van der Waals surface area contributed by atoms with Gasteiger partial charge in [-0.2, -0.15) is 5.26 Å². The molecular weight excluding hydrogens is 184 g/mol. The Hall–Kier alpha value is -1.49. The smallest absolute Gasteiger partial charge is 0.0669 e. The van der Waals surface area contributed by atoms with Crippen LogP contribution in [0.4, 0.5) is 5.69 Å². The van der Waals surface area contributed by atoms with Crippen LogP contribution in [0.5, 0.6) is 0 Å². The summed E-state index contributed by atoms with van der Waals surface area (Å²) in [7, 11) is 0. The molecule has 1 rings (SSSR count). The molecule has 80 valence electrons. The number of benzene rings is 1. The highest BCUT2D eigenvalue weighted by Crippen LogP contribution is 2.12. The van der Waals surface area contributed by atoms with Crippen molar-refractivity contribution < 1.29 is 0 Å². The van der Waals surface area contributed by atoms with E-state index in [1.807, 2.05) is 24.3 Å². The number of hydrogen-bond donors (Lipinski definition) is 1. The average Bonchev–Trinajstić information content (AvgIpc) is 2.22. The lowest BCUT2D eigenvalue weighted by molar-refractivity contribution is 0.690. The highest BCUT2D eigenvalue weighted by Gasteiger charge is 2.00. The summed E-state index contributed by atoms with van der Waals surface area (Å²) in [6, 6.07) is 10.7. The quantitative estimate of drug-likeness (QED) is 0.794. The Bertz CT molecular complexity index is 321. The van der Waals surface area contributed by atoms with Crippen LogP contribution in [-0.2, 0) is 6.42 Å². The van der Waals surface area contributed by atoms with Gasteiger partial charge in [0.15, 0.2) is 0 Å². The lowest BCUT2D eigenvalue weighted by Gasteiger charge is -2.14. The third-order valence-electron chi connectivity index (χ3n) is 2.37. The zero-order valence-corrected chi connectivity index (χ0v) is 9.46. The number of nitrogens with one attached hydrogen (secondary N) is 1. The fourth-order valence-corrected chi connectivity index (χ4v) is 1.60. The van der Waals surface area contributed by atoms with E-state index in [1.54, 1.807) is 0 Å². The van der Waals surface area contributed by atoms with Gasteiger partial charge in [-0.25, -0.2) is 0 Å². The number of rotatable bonds is 5. The molecular formula is C13H18N2. The van der Waals surface area contributed by atoms with Crippen molar-refractivity contribution in [1.29, 1.82) is 5.26 Å². The molecule has 0 saturated carbocycles. The topological polar surface area (TPSA) is 35.8 Å². The van der Waals surface area contributed by atoms with Crippen molar-refractivity contribution in [3.8, 4) is 6.07 Å². The summed E-state index contributed by atoms with van der Waals surface area (Å²) in [6.07, 6.45) is 2.87. The molecule has 2 heteroatoms. The summed E-state index contributed by atoms with van der Waals surface area (Å²) < 4.78 is 0. The maximum absolute atomic E-state index is 8.54. The zero-order chi connectivity index (χ0) is 11.1. The van der Waals surface area contributed by atoms with E-state index in [2.05, 4.69) is 25.2 Å². The first-order valence-corrected chi connectivity index (χ1v) is 5.48. The van der Waals surface area contributed by atoms with Crippen LogP contribution in [0.15, 0.2) is 24.3 Å². The molecule has 0 aromatic heterocycles. The van der Waals surface area contributed by atoms with Gasteiger partial charge in [-0.1, -0.05) is 25.5 Å². The van der Waals surface area contributed by atoms with Gasteiger partial charge < -0.3 is 5.32 Å². The first-order chi connectivity index (χ1) is 7.26. The SMILES string of the molecule is CCC[C@@H](C)Nc1ccc(CC#N)cc1. The Morgan fingerprint density at radius 1 is 1.33 bits per heavy atom. The minimum Gasteiger partial charge on any atom is -0.383 e. The molecule has 1 aromatic rings. The average molecular weight is 202 g/mol. The van der Waals surface area contributed by atoms with Crippen LogP contribution in [-0.4, -0.2) is 6.04 Å². The minimum atomic E-state index is 0.491. The molecule has 2 nitrogen and oxygen atoms in total. The Balaban J connectivity index is 2.53. The predicted molar refractivity (Wildman–Crippen MR) is 63.8 cm³/mol. The molecule has 0 aliphatic heterocycles. The molecule has 0 radical (unpaired) electrons. The second-order valence-electron chi connectivity index (χ2n) is 3.87. The lowest BCUT2D eigenvalue weighted by Crippen LogP contribution is -2.14. The van der Waals surface area contributed by atoms with Gasteiger partial charge in [0.25, 0.3) is 0 Å². The normalized spacial score (nSPS) is 11.8. The van der Waals surface area contributed by atoms with Gasteiger partial charge in [-0.3, -0.25) is 0 Å². The van der Waals surface area contributed by atoms with Crippen molar-refractivity contribution in [1.82, 2.24) is 0 Å². The summed E-state index contributed by atoms with van der Waals surface area (Å²) in [6.45, 7) is 4.38. The molecule has 0 aliphatic carbocycles. The van der Waals surface area contributed by atoms with Crippen LogP contribution < -0.4 is 5.32 Å². The van der Waals surface area contributed by atoms with Gasteiger partial charge in [-0.15, -0.1) is 0 Å². The fourth-order valence-electron chi connectivity index (χ4n) is 1.60. The molecule has 0 aliphatic rings. The predicted octanol–water partition coefficient (Wildman–Crippen LogP) is 3.35. The molecule has 0 spiro atoms. The molecule has 1 aromatic carbocycles. The number of nitrogens with zero attached hydrogens (tertiary/aromatic N) is 1. The molecule has 0 fully saturated rings. The molecule has 0 heterocycles. The van der Waals surface area contributed by atoms with Crippen LogP contribution in [0.2, 0.25) is 0 Å². The highest BCUT2D eigenvalue weighted by molar-refractivity contribution is 5.45. The maximum atomic E-state index is 8.54. The Kier molecular flexibility index (Phi) is 4.70. The minimum absolute atomic E-state index is 0.491. The summed E-state index contributed by atoms with van der Waals surface area (Å²) in [5.74, 6) is 0. The van der Waals surface area contributed by atoms with E-state index in [0.29, 0.717) is 12.5 Å². The van der Waals surface area contributed by atoms with E-state index in [9.17, 15) is 0 Å². The Morgan fingerprint density at radius 3 is 2.53 bits per heavy atom. The van der Waals surface area contributed by atoms with Crippen LogP contribution in [0, 0.1) is 11.3 Å². The number of nitriles is 1. The van der Waals surface area contributed by atoms with Gasteiger partial charge in [-0.05, 0) is 31.0 Å². The summed E-state index contributed by atoms with van der Waals surface area (Å²) in [5.41, 5.74) is 2.21. The zero-order valence-electron chi connectivity index (χ0n) is 9.46. The van der Waals surface area contributed by atoms with Crippen molar-refractivity contribution in [2.45, 2.75) is 39.2 Å². The first-order valence-electron chi connectivity index (χ1n) is 5.48. The van der Waals surface area contributed by atoms with E-state index in [4.69, 9.17) is 5.26 Å². The standard InChI is InChI=1S/C13H18N2/c1-3-4-11(2)15-13-7-5-12(6-8-13)9-10-14/h5-8,11,15H,3-4,9H2,1-2H3/t11-/m1/s1. The van der Waals surface area contributed by atoms with Crippen molar-refractivity contribution in [3.63, 3.8) is 0 Å². The van der Waals surface area contributed by atoms with Gasteiger partial charge in [0, 0.05) is 11.7 Å². The number of hydrogen-bond acceptors (Lipinski definition) is 2. The third-order valence-corrected chi connectivity index (χ3v) is 2.37. The van der Waals surface area contributed by atoms with E-state index in [1.165, 1.54) is 12.8 Å². The summed E-state index contributed by atoms with van der Waals surface area (Å²) >= 11 is 0. The Labute approximate surface area is 91.9 Å². The molecule has 15 heavy (non-hydrogen) atoms. The molecule has 0 saturated heterocycles. The van der Waals surface area contributed by atoms with Gasteiger partial charge in [0.2, 0.25) is 0 Å². The van der Waals surface area contributed by atoms with Crippen LogP contribution >= 0.6 is 0 Å². The maximum Gasteiger partial charge on any atom is 0.0669 e. The first kappa shape index (κ1) is 11.6. The molecule has 1 atom stereocenters. The molecule has 1 N–H and O–H groups in total. The molecule has 0 unspecified atom stereocenters. The second-order valence-corrected chi connectivity index (χ2v) is 3.87. The van der Waals surface area contributed by atoms with Gasteiger partial charge in [0.1, 0.15) is 0 Å². The fraction of sp³-hybridized carbons (Fsp3) is 0.462. The monoisotopic (exact) mass is 202 g/mol. The summed E-state index contributed by atoms with van der Waals surface area (Å²) in [4.78, 5) is 0. The largest absolute Gasteiger partial charge is 0.383 e. The van der Waals surface area contributed by atoms with Crippen molar-refractivity contribution in [2.75, 3.05) is 5.32 Å². The van der Waals surface area contributed by atoms with Gasteiger partial charge >= 0.3 is 0 Å². The van der Waals surface area contributed by atoms with Crippen LogP contribution in [0.3, 0.4) is 0 Å². The van der Waals surface area contributed by atoms with Gasteiger partial charge in [0.05, 0.1) is 12.5 Å². The van der Waals surface area contributed by atoms with E-state index in [-0.39, 0.29) is 0 Å². The molecule has 0 bridgehead atoms. The van der Waals surface area contributed by atoms with E-state index >= 15 is 0 Å². The summed E-state index contributed by atoms with van der Waals surface area (Å²) in [5, 5.41) is 12.0. The third kappa shape index (κ3) is 4.03. The highest BCUT2D eigenvalue weighted by atomic mass is 14.9. The van der Waals surface area contributed by atoms with E-state index in [0.717, 1.165) is 11.3 Å². The Morgan fingerprint density at radius 2 is 2.00 bits per heavy atom. The lowest BCUT2D eigenvalue weighted by atomic mass is 10.1. The van der Waals surface area contributed by atoms with Crippen LogP contribution in [0.25, 0.3) is 0 Å². The van der Waals surface area contributed by atoms with Crippen molar-refractivity contribution in [2.24, 2.45) is 0 Å². The van der Waals surface area contributed by atoms with Crippen molar-refractivity contribution in [3.05, 3.63) is 29.8 Å². The van der Waals surface area contributed by atoms with Crippen molar-refractivity contribution >= 4 is 5.69 Å². The van der Waals surface area contributed by atoms with Crippen LogP contribution in [0.1, 0.15) is 32.3 Å². The number of anilines is 1. The molecule has 0 amide bonds.